The van der Waals surface area contributed by atoms with Crippen LogP contribution in [0.25, 0.3) is 0 Å². The number of hydrogen-bond donors (Lipinski definition) is 3. The summed E-state index contributed by atoms with van der Waals surface area (Å²) in [7, 11) is -1.95. The van der Waals surface area contributed by atoms with E-state index in [-0.39, 0.29) is 34.8 Å². The maximum atomic E-state index is 11.4. The SMILES string of the molecule is CN=C(NCc1ccc(S(N)(=O)=O)cc1)NCC(Cc1ccccc1)c1ccccc1.I. The molecular formula is C24H29IN4O2S. The molecule has 0 spiro atoms. The average molecular weight is 564 g/mol. The zero-order chi connectivity index (χ0) is 22.1. The van der Waals surface area contributed by atoms with E-state index < -0.39 is 10.0 Å². The molecule has 0 saturated carbocycles. The van der Waals surface area contributed by atoms with Crippen molar-refractivity contribution < 1.29 is 8.42 Å². The molecule has 3 rings (SSSR count). The lowest BCUT2D eigenvalue weighted by atomic mass is 9.92. The molecule has 4 N–H and O–H groups in total. The van der Waals surface area contributed by atoms with Crippen LogP contribution >= 0.6 is 24.0 Å². The molecule has 0 radical (unpaired) electrons. The summed E-state index contributed by atoms with van der Waals surface area (Å²) in [6, 6.07) is 27.4. The molecule has 0 bridgehead atoms. The second-order valence-electron chi connectivity index (χ2n) is 7.29. The van der Waals surface area contributed by atoms with Gasteiger partial charge in [-0.3, -0.25) is 4.99 Å². The van der Waals surface area contributed by atoms with Gasteiger partial charge in [-0.2, -0.15) is 0 Å². The van der Waals surface area contributed by atoms with Crippen LogP contribution in [-0.4, -0.2) is 28.0 Å². The normalized spacial score (nSPS) is 12.5. The van der Waals surface area contributed by atoms with E-state index in [4.69, 9.17) is 5.14 Å². The van der Waals surface area contributed by atoms with Gasteiger partial charge in [0.05, 0.1) is 4.90 Å². The van der Waals surface area contributed by atoms with Crippen LogP contribution in [0.5, 0.6) is 0 Å². The quantitative estimate of drug-likeness (QED) is 0.221. The van der Waals surface area contributed by atoms with Crippen molar-refractivity contribution in [2.75, 3.05) is 13.6 Å². The van der Waals surface area contributed by atoms with Gasteiger partial charge in [-0.1, -0.05) is 72.8 Å². The highest BCUT2D eigenvalue weighted by atomic mass is 127. The van der Waals surface area contributed by atoms with E-state index in [1.807, 2.05) is 12.1 Å². The fourth-order valence-corrected chi connectivity index (χ4v) is 3.87. The smallest absolute Gasteiger partial charge is 0.238 e. The summed E-state index contributed by atoms with van der Waals surface area (Å²) in [6.45, 7) is 1.24. The summed E-state index contributed by atoms with van der Waals surface area (Å²) in [5, 5.41) is 11.8. The van der Waals surface area contributed by atoms with Crippen LogP contribution in [0.2, 0.25) is 0 Å². The molecule has 0 saturated heterocycles. The van der Waals surface area contributed by atoms with Gasteiger partial charge in [0, 0.05) is 26.1 Å². The van der Waals surface area contributed by atoms with Gasteiger partial charge in [-0.05, 0) is 35.2 Å². The number of primary sulfonamides is 1. The maximum absolute atomic E-state index is 11.4. The number of halogens is 1. The zero-order valence-electron chi connectivity index (χ0n) is 17.9. The van der Waals surface area contributed by atoms with Crippen molar-refractivity contribution in [2.45, 2.75) is 23.8 Å². The van der Waals surface area contributed by atoms with Gasteiger partial charge in [0.15, 0.2) is 5.96 Å². The van der Waals surface area contributed by atoms with Gasteiger partial charge < -0.3 is 10.6 Å². The summed E-state index contributed by atoms with van der Waals surface area (Å²) in [4.78, 5) is 4.41. The number of nitrogens with one attached hydrogen (secondary N) is 2. The average Bonchev–Trinajstić information content (AvgIpc) is 2.79. The minimum atomic E-state index is -3.68. The zero-order valence-corrected chi connectivity index (χ0v) is 21.1. The van der Waals surface area contributed by atoms with Crippen LogP contribution in [0, 0.1) is 0 Å². The summed E-state index contributed by atoms with van der Waals surface area (Å²) >= 11 is 0. The number of rotatable bonds is 8. The first kappa shape index (κ1) is 25.8. The highest BCUT2D eigenvalue weighted by Crippen LogP contribution is 2.20. The Kier molecular flexibility index (Phi) is 10.1. The third kappa shape index (κ3) is 7.92. The number of nitrogens with two attached hydrogens (primary N) is 1. The molecule has 6 nitrogen and oxygen atoms in total. The molecule has 0 aliphatic rings. The van der Waals surface area contributed by atoms with Crippen LogP contribution in [0.4, 0.5) is 0 Å². The highest BCUT2D eigenvalue weighted by molar-refractivity contribution is 14.0. The minimum Gasteiger partial charge on any atom is -0.356 e. The first-order chi connectivity index (χ1) is 15.0. The Morgan fingerprint density at radius 2 is 1.47 bits per heavy atom. The lowest BCUT2D eigenvalue weighted by Gasteiger charge is -2.20. The Morgan fingerprint density at radius 3 is 2.03 bits per heavy atom. The summed E-state index contributed by atoms with van der Waals surface area (Å²) in [6.07, 6.45) is 0.921. The van der Waals surface area contributed by atoms with Crippen molar-refractivity contribution in [3.8, 4) is 0 Å². The van der Waals surface area contributed by atoms with Gasteiger partial charge >= 0.3 is 0 Å². The summed E-state index contributed by atoms with van der Waals surface area (Å²) in [5.74, 6) is 0.973. The number of hydrogen-bond acceptors (Lipinski definition) is 3. The van der Waals surface area contributed by atoms with Gasteiger partial charge in [-0.15, -0.1) is 24.0 Å². The molecule has 8 heteroatoms. The van der Waals surface area contributed by atoms with Crippen LogP contribution < -0.4 is 15.8 Å². The van der Waals surface area contributed by atoms with Crippen LogP contribution in [0.15, 0.2) is 94.8 Å². The molecule has 32 heavy (non-hydrogen) atoms. The van der Waals surface area contributed by atoms with E-state index in [9.17, 15) is 8.42 Å². The van der Waals surface area contributed by atoms with Crippen LogP contribution in [0.1, 0.15) is 22.6 Å². The van der Waals surface area contributed by atoms with Gasteiger partial charge in [-0.25, -0.2) is 13.6 Å². The van der Waals surface area contributed by atoms with Crippen molar-refractivity contribution in [3.05, 3.63) is 102 Å². The Labute approximate surface area is 207 Å². The Bertz CT molecular complexity index is 1090. The van der Waals surface area contributed by atoms with E-state index in [1.165, 1.54) is 23.3 Å². The first-order valence-electron chi connectivity index (χ1n) is 10.1. The molecule has 3 aromatic rings. The monoisotopic (exact) mass is 564 g/mol. The van der Waals surface area contributed by atoms with Crippen molar-refractivity contribution in [1.82, 2.24) is 10.6 Å². The van der Waals surface area contributed by atoms with Crippen molar-refractivity contribution >= 4 is 40.0 Å². The predicted molar refractivity (Wildman–Crippen MR) is 141 cm³/mol. The molecule has 0 fully saturated rings. The maximum Gasteiger partial charge on any atom is 0.238 e. The predicted octanol–water partition coefficient (Wildman–Crippen LogP) is 3.64. The fourth-order valence-electron chi connectivity index (χ4n) is 3.35. The number of sulfonamides is 1. The number of benzene rings is 3. The molecular weight excluding hydrogens is 535 g/mol. The van der Waals surface area contributed by atoms with Crippen LogP contribution in [-0.2, 0) is 23.0 Å². The Morgan fingerprint density at radius 1 is 0.875 bits per heavy atom. The standard InChI is InChI=1S/C24H28N4O2S.HI/c1-26-24(27-17-20-12-14-23(15-13-20)31(25,29)30)28-18-22(21-10-6-3-7-11-21)16-19-8-4-2-5-9-19;/h2-15,22H,16-18H2,1H3,(H2,25,29,30)(H2,26,27,28);1H. The molecule has 0 aromatic heterocycles. The first-order valence-corrected chi connectivity index (χ1v) is 11.7. The molecule has 0 heterocycles. The van der Waals surface area contributed by atoms with Crippen molar-refractivity contribution in [3.63, 3.8) is 0 Å². The highest BCUT2D eigenvalue weighted by Gasteiger charge is 2.13. The third-order valence-corrected chi connectivity index (χ3v) is 5.98. The lowest BCUT2D eigenvalue weighted by Crippen LogP contribution is -2.39. The number of guanidine groups is 1. The molecule has 1 unspecified atom stereocenters. The third-order valence-electron chi connectivity index (χ3n) is 5.05. The lowest BCUT2D eigenvalue weighted by molar-refractivity contribution is 0.597. The molecule has 0 amide bonds. The topological polar surface area (TPSA) is 96.6 Å². The largest absolute Gasteiger partial charge is 0.356 e. The fraction of sp³-hybridized carbons (Fsp3) is 0.208. The molecule has 0 aliphatic heterocycles. The van der Waals surface area contributed by atoms with Gasteiger partial charge in [0.2, 0.25) is 10.0 Å². The number of nitrogens with zero attached hydrogens (tertiary/aromatic N) is 1. The van der Waals surface area contributed by atoms with E-state index in [0.29, 0.717) is 12.5 Å². The van der Waals surface area contributed by atoms with Crippen LogP contribution in [0.3, 0.4) is 0 Å². The van der Waals surface area contributed by atoms with E-state index in [1.54, 1.807) is 19.2 Å². The molecule has 170 valence electrons. The number of aliphatic imine (C=N–C) groups is 1. The minimum absolute atomic E-state index is 0. The molecule has 0 aliphatic carbocycles. The van der Waals surface area contributed by atoms with E-state index in [2.05, 4.69) is 64.2 Å². The summed E-state index contributed by atoms with van der Waals surface area (Å²) < 4.78 is 22.8. The molecule has 3 aromatic carbocycles. The second-order valence-corrected chi connectivity index (χ2v) is 8.85. The van der Waals surface area contributed by atoms with Crippen molar-refractivity contribution in [2.24, 2.45) is 10.1 Å². The Balaban J connectivity index is 0.00000363. The second kappa shape index (κ2) is 12.6. The van der Waals surface area contributed by atoms with E-state index in [0.717, 1.165) is 18.5 Å². The Hall–Kier alpha value is -2.43. The summed E-state index contributed by atoms with van der Waals surface area (Å²) in [5.41, 5.74) is 3.49. The van der Waals surface area contributed by atoms with E-state index >= 15 is 0 Å². The van der Waals surface area contributed by atoms with Gasteiger partial charge in [0.25, 0.3) is 0 Å². The van der Waals surface area contributed by atoms with Crippen molar-refractivity contribution in [1.29, 1.82) is 0 Å². The molecule has 1 atom stereocenters. The van der Waals surface area contributed by atoms with Gasteiger partial charge in [0.1, 0.15) is 0 Å².